The first-order chi connectivity index (χ1) is 6.90. The van der Waals surface area contributed by atoms with E-state index in [1.165, 1.54) is 30.1 Å². The van der Waals surface area contributed by atoms with Crippen molar-refractivity contribution in [2.75, 3.05) is 7.11 Å². The van der Waals surface area contributed by atoms with Crippen LogP contribution < -0.4 is 4.74 Å². The molecule has 72 valence electrons. The van der Waals surface area contributed by atoms with Crippen molar-refractivity contribution in [3.8, 4) is 5.88 Å². The summed E-state index contributed by atoms with van der Waals surface area (Å²) < 4.78 is 13.6. The van der Waals surface area contributed by atoms with Gasteiger partial charge in [0.25, 0.3) is 0 Å². The Morgan fingerprint density at radius 1 is 1.36 bits per heavy atom. The molecule has 0 bridgehead atoms. The molecule has 14 heavy (non-hydrogen) atoms. The van der Waals surface area contributed by atoms with Gasteiger partial charge in [0, 0.05) is 11.8 Å². The van der Waals surface area contributed by atoms with Gasteiger partial charge < -0.3 is 4.74 Å². The smallest absolute Gasteiger partial charge is 0.243 e. The molecule has 0 atom stereocenters. The number of rotatable bonds is 2. The summed E-state index contributed by atoms with van der Waals surface area (Å²) in [6.07, 6.45) is 4.38. The average molecular weight is 207 g/mol. The summed E-state index contributed by atoms with van der Waals surface area (Å²) in [6, 6.07) is 0. The molecular weight excluding hydrogens is 198 g/mol. The van der Waals surface area contributed by atoms with Gasteiger partial charge in [0.15, 0.2) is 5.52 Å². The Kier molecular flexibility index (Phi) is 1.67. The maximum atomic E-state index is 5.13. The summed E-state index contributed by atoms with van der Waals surface area (Å²) in [6.45, 7) is 0. The van der Waals surface area contributed by atoms with Crippen LogP contribution in [-0.4, -0.2) is 20.8 Å². The quantitative estimate of drug-likeness (QED) is 0.755. The zero-order valence-electron chi connectivity index (χ0n) is 7.73. The largest absolute Gasteiger partial charge is 0.479 e. The highest BCUT2D eigenvalue weighted by Gasteiger charge is 2.28. The van der Waals surface area contributed by atoms with Gasteiger partial charge in [0.1, 0.15) is 5.52 Å². The van der Waals surface area contributed by atoms with E-state index >= 15 is 0 Å². The molecule has 0 amide bonds. The van der Waals surface area contributed by atoms with Crippen LogP contribution in [0.15, 0.2) is 6.20 Å². The lowest BCUT2D eigenvalue weighted by molar-refractivity contribution is 0.402. The van der Waals surface area contributed by atoms with Crippen LogP contribution in [0.5, 0.6) is 5.88 Å². The SMILES string of the molecule is COc1ncc(C2CC2)c2nsnc12. The standard InChI is InChI=1S/C9H9N3OS/c1-13-9-8-7(11-14-12-8)6(4-10-9)5-2-3-5/h4-5H,2-3H2,1H3. The molecule has 0 unspecified atom stereocenters. The topological polar surface area (TPSA) is 47.9 Å². The van der Waals surface area contributed by atoms with E-state index in [1.807, 2.05) is 6.20 Å². The number of hydrogen-bond donors (Lipinski definition) is 0. The van der Waals surface area contributed by atoms with Crippen LogP contribution in [0, 0.1) is 0 Å². The predicted molar refractivity (Wildman–Crippen MR) is 53.7 cm³/mol. The maximum Gasteiger partial charge on any atom is 0.243 e. The second kappa shape index (κ2) is 2.88. The molecule has 1 fully saturated rings. The first-order valence-corrected chi connectivity index (χ1v) is 5.28. The molecule has 1 aliphatic carbocycles. The van der Waals surface area contributed by atoms with Gasteiger partial charge in [-0.1, -0.05) is 0 Å². The summed E-state index contributed by atoms with van der Waals surface area (Å²) in [4.78, 5) is 4.24. The molecule has 1 saturated carbocycles. The Morgan fingerprint density at radius 2 is 2.14 bits per heavy atom. The number of fused-ring (bicyclic) bond motifs is 1. The fourth-order valence-electron chi connectivity index (χ4n) is 1.61. The molecule has 3 rings (SSSR count). The third kappa shape index (κ3) is 1.09. The predicted octanol–water partition coefficient (Wildman–Crippen LogP) is 1.97. The van der Waals surface area contributed by atoms with Crippen molar-refractivity contribution in [3.05, 3.63) is 11.8 Å². The van der Waals surface area contributed by atoms with Gasteiger partial charge in [-0.2, -0.15) is 8.75 Å². The fraction of sp³-hybridized carbons (Fsp3) is 0.444. The van der Waals surface area contributed by atoms with Crippen molar-refractivity contribution in [1.82, 2.24) is 13.7 Å². The molecule has 0 spiro atoms. The lowest BCUT2D eigenvalue weighted by atomic mass is 10.1. The van der Waals surface area contributed by atoms with Gasteiger partial charge in [0.05, 0.1) is 18.8 Å². The van der Waals surface area contributed by atoms with E-state index in [1.54, 1.807) is 7.11 Å². The van der Waals surface area contributed by atoms with E-state index in [2.05, 4.69) is 13.7 Å². The lowest BCUT2D eigenvalue weighted by Crippen LogP contribution is -1.92. The highest BCUT2D eigenvalue weighted by molar-refractivity contribution is 7.00. The van der Waals surface area contributed by atoms with Gasteiger partial charge in [0.2, 0.25) is 5.88 Å². The molecule has 0 aliphatic heterocycles. The third-order valence-electron chi connectivity index (χ3n) is 2.50. The van der Waals surface area contributed by atoms with Crippen molar-refractivity contribution in [1.29, 1.82) is 0 Å². The van der Waals surface area contributed by atoms with Crippen LogP contribution in [0.3, 0.4) is 0 Å². The van der Waals surface area contributed by atoms with Gasteiger partial charge in [-0.3, -0.25) is 0 Å². The van der Waals surface area contributed by atoms with Crippen molar-refractivity contribution in [2.24, 2.45) is 0 Å². The maximum absolute atomic E-state index is 5.13. The first-order valence-electron chi connectivity index (χ1n) is 4.55. The molecule has 2 heterocycles. The zero-order chi connectivity index (χ0) is 9.54. The number of nitrogens with zero attached hydrogens (tertiary/aromatic N) is 3. The second-order valence-electron chi connectivity index (χ2n) is 3.46. The van der Waals surface area contributed by atoms with Crippen LogP contribution in [0.25, 0.3) is 11.0 Å². The molecule has 4 nitrogen and oxygen atoms in total. The minimum atomic E-state index is 0.582. The van der Waals surface area contributed by atoms with Crippen LogP contribution in [0.4, 0.5) is 0 Å². The second-order valence-corrected chi connectivity index (χ2v) is 3.99. The molecule has 2 aromatic rings. The first kappa shape index (κ1) is 8.11. The molecular formula is C9H9N3OS. The van der Waals surface area contributed by atoms with Gasteiger partial charge >= 0.3 is 0 Å². The van der Waals surface area contributed by atoms with E-state index in [4.69, 9.17) is 4.74 Å². The Morgan fingerprint density at radius 3 is 2.86 bits per heavy atom. The molecule has 0 aromatic carbocycles. The molecule has 0 radical (unpaired) electrons. The van der Waals surface area contributed by atoms with Crippen molar-refractivity contribution < 1.29 is 4.74 Å². The van der Waals surface area contributed by atoms with E-state index in [0.717, 1.165) is 11.0 Å². The highest BCUT2D eigenvalue weighted by atomic mass is 32.1. The minimum absolute atomic E-state index is 0.582. The Bertz CT molecular complexity index is 478. The number of hydrogen-bond acceptors (Lipinski definition) is 5. The number of methoxy groups -OCH3 is 1. The number of ether oxygens (including phenoxy) is 1. The molecule has 5 heteroatoms. The van der Waals surface area contributed by atoms with Gasteiger partial charge in [-0.15, -0.1) is 0 Å². The molecule has 0 N–H and O–H groups in total. The fourth-order valence-corrected chi connectivity index (χ4v) is 2.17. The van der Waals surface area contributed by atoms with E-state index in [0.29, 0.717) is 11.8 Å². The number of pyridine rings is 1. The summed E-state index contributed by atoms with van der Waals surface area (Å²) in [5.74, 6) is 1.23. The molecule has 0 saturated heterocycles. The Labute approximate surface area is 85.3 Å². The summed E-state index contributed by atoms with van der Waals surface area (Å²) in [5.41, 5.74) is 3.01. The monoisotopic (exact) mass is 207 g/mol. The van der Waals surface area contributed by atoms with Gasteiger partial charge in [-0.05, 0) is 18.8 Å². The summed E-state index contributed by atoms with van der Waals surface area (Å²) >= 11 is 1.22. The van der Waals surface area contributed by atoms with Crippen LogP contribution in [0.1, 0.15) is 24.3 Å². The zero-order valence-corrected chi connectivity index (χ0v) is 8.54. The minimum Gasteiger partial charge on any atom is -0.479 e. The molecule has 2 aromatic heterocycles. The average Bonchev–Trinajstić information content (AvgIpc) is 2.93. The third-order valence-corrected chi connectivity index (χ3v) is 3.02. The number of aromatic nitrogens is 3. The summed E-state index contributed by atoms with van der Waals surface area (Å²) in [5, 5.41) is 0. The van der Waals surface area contributed by atoms with E-state index in [-0.39, 0.29) is 0 Å². The molecule has 1 aliphatic rings. The van der Waals surface area contributed by atoms with Gasteiger partial charge in [-0.25, -0.2) is 4.98 Å². The van der Waals surface area contributed by atoms with Crippen LogP contribution in [0.2, 0.25) is 0 Å². The van der Waals surface area contributed by atoms with Crippen molar-refractivity contribution >= 4 is 22.8 Å². The van der Waals surface area contributed by atoms with Crippen molar-refractivity contribution in [2.45, 2.75) is 18.8 Å². The van der Waals surface area contributed by atoms with E-state index in [9.17, 15) is 0 Å². The van der Waals surface area contributed by atoms with Crippen molar-refractivity contribution in [3.63, 3.8) is 0 Å². The highest BCUT2D eigenvalue weighted by Crippen LogP contribution is 2.43. The van der Waals surface area contributed by atoms with Crippen LogP contribution in [-0.2, 0) is 0 Å². The van der Waals surface area contributed by atoms with Crippen LogP contribution >= 0.6 is 11.7 Å². The Balaban J connectivity index is 2.27. The van der Waals surface area contributed by atoms with E-state index < -0.39 is 0 Å². The summed E-state index contributed by atoms with van der Waals surface area (Å²) in [7, 11) is 1.61. The normalized spacial score (nSPS) is 16.1. The Hall–Kier alpha value is -1.23. The lowest BCUT2D eigenvalue weighted by Gasteiger charge is -2.01.